The van der Waals surface area contributed by atoms with Crippen molar-refractivity contribution < 1.29 is 9.53 Å². The molecule has 0 aliphatic heterocycles. The van der Waals surface area contributed by atoms with E-state index in [0.29, 0.717) is 5.88 Å². The van der Waals surface area contributed by atoms with Crippen LogP contribution in [0, 0.1) is 0 Å². The molecule has 0 aliphatic carbocycles. The molecule has 5 heteroatoms. The number of hydrogen-bond acceptors (Lipinski definition) is 4. The Bertz CT molecular complexity index is 536. The highest BCUT2D eigenvalue weighted by Gasteiger charge is 2.14. The summed E-state index contributed by atoms with van der Waals surface area (Å²) >= 11 is 1.38. The summed E-state index contributed by atoms with van der Waals surface area (Å²) in [5, 5.41) is 0.929. The summed E-state index contributed by atoms with van der Waals surface area (Å²) in [6.45, 7) is 1.79. The van der Waals surface area contributed by atoms with Gasteiger partial charge in [0.1, 0.15) is 0 Å². The second-order valence-electron chi connectivity index (χ2n) is 3.57. The number of primary amides is 1. The summed E-state index contributed by atoms with van der Waals surface area (Å²) in [5.74, 6) is -0.0333. The van der Waals surface area contributed by atoms with Crippen LogP contribution in [0.4, 0.5) is 0 Å². The van der Waals surface area contributed by atoms with Gasteiger partial charge in [-0.05, 0) is 36.2 Å². The number of benzene rings is 1. The van der Waals surface area contributed by atoms with E-state index >= 15 is 0 Å². The highest BCUT2D eigenvalue weighted by molar-refractivity contribution is 7.13. The molecular formula is C11H12N2O2S. The summed E-state index contributed by atoms with van der Waals surface area (Å²) in [7, 11) is 1.58. The van der Waals surface area contributed by atoms with E-state index in [-0.39, 0.29) is 11.8 Å². The van der Waals surface area contributed by atoms with Gasteiger partial charge in [0.05, 0.1) is 23.1 Å². The van der Waals surface area contributed by atoms with E-state index in [0.717, 1.165) is 15.6 Å². The highest BCUT2D eigenvalue weighted by Crippen LogP contribution is 2.31. The Morgan fingerprint density at radius 2 is 2.31 bits per heavy atom. The van der Waals surface area contributed by atoms with Crippen molar-refractivity contribution in [2.75, 3.05) is 7.11 Å². The number of rotatable bonds is 3. The normalized spacial score (nSPS) is 12.6. The van der Waals surface area contributed by atoms with Crippen LogP contribution in [-0.4, -0.2) is 17.4 Å². The lowest BCUT2D eigenvalue weighted by molar-refractivity contribution is -0.119. The molecule has 0 saturated carbocycles. The van der Waals surface area contributed by atoms with Crippen molar-refractivity contribution in [3.05, 3.63) is 23.8 Å². The Hall–Kier alpha value is -1.62. The maximum Gasteiger partial charge on any atom is 0.232 e. The zero-order valence-corrected chi connectivity index (χ0v) is 9.88. The molecular weight excluding hydrogens is 224 g/mol. The Morgan fingerprint density at radius 3 is 2.94 bits per heavy atom. The van der Waals surface area contributed by atoms with Gasteiger partial charge in [-0.3, -0.25) is 4.79 Å². The third kappa shape index (κ3) is 1.74. The Labute approximate surface area is 97.2 Å². The molecule has 1 heterocycles. The summed E-state index contributed by atoms with van der Waals surface area (Å²) in [5.41, 5.74) is 6.16. The summed E-state index contributed by atoms with van der Waals surface area (Å²) < 4.78 is 10.3. The topological polar surface area (TPSA) is 65.2 Å². The second-order valence-corrected chi connectivity index (χ2v) is 4.38. The van der Waals surface area contributed by atoms with E-state index in [1.54, 1.807) is 14.0 Å². The maximum absolute atomic E-state index is 11.1. The van der Waals surface area contributed by atoms with Crippen LogP contribution >= 0.6 is 11.5 Å². The van der Waals surface area contributed by atoms with E-state index in [1.165, 1.54) is 11.5 Å². The number of nitrogens with zero attached hydrogens (tertiary/aromatic N) is 1. The summed E-state index contributed by atoms with van der Waals surface area (Å²) in [6, 6.07) is 5.74. The smallest absolute Gasteiger partial charge is 0.232 e. The van der Waals surface area contributed by atoms with Crippen molar-refractivity contribution in [2.45, 2.75) is 12.8 Å². The first-order valence-electron chi connectivity index (χ1n) is 4.86. The molecule has 4 nitrogen and oxygen atoms in total. The number of carbonyl (C=O) groups is 1. The molecule has 0 bridgehead atoms. The predicted octanol–water partition coefficient (Wildman–Crippen LogP) is 1.89. The molecule has 0 spiro atoms. The molecule has 1 aromatic carbocycles. The number of hydrogen-bond donors (Lipinski definition) is 1. The van der Waals surface area contributed by atoms with Gasteiger partial charge in [0, 0.05) is 0 Å². The van der Waals surface area contributed by atoms with Gasteiger partial charge in [0.2, 0.25) is 11.8 Å². The predicted molar refractivity (Wildman–Crippen MR) is 63.8 cm³/mol. The van der Waals surface area contributed by atoms with Crippen LogP contribution < -0.4 is 10.5 Å². The van der Waals surface area contributed by atoms with E-state index in [4.69, 9.17) is 10.5 Å². The van der Waals surface area contributed by atoms with Gasteiger partial charge in [-0.2, -0.15) is 4.37 Å². The fourth-order valence-electron chi connectivity index (χ4n) is 1.51. The van der Waals surface area contributed by atoms with Crippen LogP contribution in [0.5, 0.6) is 5.88 Å². The fraction of sp³-hybridized carbons (Fsp3) is 0.273. The minimum absolute atomic E-state index is 0.297. The molecule has 1 amide bonds. The number of methoxy groups -OCH3 is 1. The Balaban J connectivity index is 2.53. The molecule has 0 fully saturated rings. The number of amides is 1. The molecule has 1 unspecified atom stereocenters. The molecule has 0 saturated heterocycles. The SMILES string of the molecule is COc1nsc2ccc(C(C)C(N)=O)cc12. The largest absolute Gasteiger partial charge is 0.480 e. The number of nitrogens with two attached hydrogens (primary N) is 1. The molecule has 2 rings (SSSR count). The third-order valence-corrected chi connectivity index (χ3v) is 3.39. The first-order valence-corrected chi connectivity index (χ1v) is 5.63. The van der Waals surface area contributed by atoms with Crippen LogP contribution in [0.1, 0.15) is 18.4 Å². The highest BCUT2D eigenvalue weighted by atomic mass is 32.1. The van der Waals surface area contributed by atoms with E-state index in [2.05, 4.69) is 4.37 Å². The fourth-order valence-corrected chi connectivity index (χ4v) is 2.24. The molecule has 1 aromatic heterocycles. The van der Waals surface area contributed by atoms with Gasteiger partial charge < -0.3 is 10.5 Å². The van der Waals surface area contributed by atoms with Crippen LogP contribution in [-0.2, 0) is 4.79 Å². The van der Waals surface area contributed by atoms with Crippen molar-refractivity contribution in [2.24, 2.45) is 5.73 Å². The molecule has 84 valence electrons. The molecule has 2 aromatic rings. The van der Waals surface area contributed by atoms with Crippen molar-refractivity contribution in [3.8, 4) is 5.88 Å². The van der Waals surface area contributed by atoms with Crippen molar-refractivity contribution >= 4 is 27.5 Å². The quantitative estimate of drug-likeness (QED) is 0.885. The van der Waals surface area contributed by atoms with Crippen molar-refractivity contribution in [1.82, 2.24) is 4.37 Å². The molecule has 0 radical (unpaired) electrons. The van der Waals surface area contributed by atoms with Crippen molar-refractivity contribution in [1.29, 1.82) is 0 Å². The monoisotopic (exact) mass is 236 g/mol. The third-order valence-electron chi connectivity index (χ3n) is 2.58. The Morgan fingerprint density at radius 1 is 1.56 bits per heavy atom. The van der Waals surface area contributed by atoms with Crippen LogP contribution in [0.2, 0.25) is 0 Å². The zero-order chi connectivity index (χ0) is 11.7. The van der Waals surface area contributed by atoms with E-state index < -0.39 is 0 Å². The van der Waals surface area contributed by atoms with Crippen LogP contribution in [0.3, 0.4) is 0 Å². The van der Waals surface area contributed by atoms with Gasteiger partial charge in [0.25, 0.3) is 0 Å². The lowest BCUT2D eigenvalue weighted by atomic mass is 10.00. The van der Waals surface area contributed by atoms with Crippen molar-refractivity contribution in [3.63, 3.8) is 0 Å². The molecule has 2 N–H and O–H groups in total. The van der Waals surface area contributed by atoms with E-state index in [9.17, 15) is 4.79 Å². The van der Waals surface area contributed by atoms with Gasteiger partial charge in [-0.1, -0.05) is 6.07 Å². The minimum Gasteiger partial charge on any atom is -0.480 e. The van der Waals surface area contributed by atoms with Gasteiger partial charge in [0.15, 0.2) is 0 Å². The Kier molecular flexibility index (Phi) is 2.78. The number of carbonyl (C=O) groups excluding carboxylic acids is 1. The lowest BCUT2D eigenvalue weighted by Gasteiger charge is -2.07. The minimum atomic E-state index is -0.332. The lowest BCUT2D eigenvalue weighted by Crippen LogP contribution is -2.18. The average Bonchev–Trinajstić information content (AvgIpc) is 2.69. The first kappa shape index (κ1) is 10.9. The molecule has 0 aliphatic rings. The number of ether oxygens (including phenoxy) is 1. The number of aromatic nitrogens is 1. The first-order chi connectivity index (χ1) is 7.63. The van der Waals surface area contributed by atoms with Gasteiger partial charge in [-0.15, -0.1) is 0 Å². The molecule has 1 atom stereocenters. The number of fused-ring (bicyclic) bond motifs is 1. The molecule has 16 heavy (non-hydrogen) atoms. The zero-order valence-electron chi connectivity index (χ0n) is 9.06. The summed E-state index contributed by atoms with van der Waals surface area (Å²) in [4.78, 5) is 11.1. The standard InChI is InChI=1S/C11H12N2O2S/c1-6(10(12)14)7-3-4-9-8(5-7)11(15-2)13-16-9/h3-6H,1-2H3,(H2,12,14). The second kappa shape index (κ2) is 4.09. The van der Waals surface area contributed by atoms with Crippen LogP contribution in [0.25, 0.3) is 10.1 Å². The van der Waals surface area contributed by atoms with Gasteiger partial charge in [-0.25, -0.2) is 0 Å². The average molecular weight is 236 g/mol. The van der Waals surface area contributed by atoms with Gasteiger partial charge >= 0.3 is 0 Å². The summed E-state index contributed by atoms with van der Waals surface area (Å²) in [6.07, 6.45) is 0. The maximum atomic E-state index is 11.1. The van der Waals surface area contributed by atoms with E-state index in [1.807, 2.05) is 18.2 Å². The van der Waals surface area contributed by atoms with Crippen LogP contribution in [0.15, 0.2) is 18.2 Å².